The molecule has 1 aromatic heterocycles. The minimum Gasteiger partial charge on any atom is -0.481 e. The summed E-state index contributed by atoms with van der Waals surface area (Å²) in [7, 11) is 0. The number of aryl methyl sites for hydroxylation is 1. The van der Waals surface area contributed by atoms with E-state index in [1.165, 1.54) is 0 Å². The molecule has 4 nitrogen and oxygen atoms in total. The molecule has 0 spiro atoms. The molecule has 0 aliphatic heterocycles. The Morgan fingerprint density at radius 3 is 2.95 bits per heavy atom. The van der Waals surface area contributed by atoms with E-state index in [9.17, 15) is 4.79 Å². The standard InChI is InChI=1S/C15H15BrN2O2S/c1-10-6-7-21-14(10)9-17-18-15(19)11(2)20-13-5-3-4-12(16)8-13/h3-9,11H,1-2H3,(H,18,19)/b17-9-/t11-/m0/s1. The number of carbonyl (C=O) groups excluding carboxylic acids is 1. The Balaban J connectivity index is 1.88. The third kappa shape index (κ3) is 4.68. The van der Waals surface area contributed by atoms with Crippen LogP contribution in [0, 0.1) is 6.92 Å². The molecular formula is C15H15BrN2O2S. The topological polar surface area (TPSA) is 50.7 Å². The maximum Gasteiger partial charge on any atom is 0.280 e. The quantitative estimate of drug-likeness (QED) is 0.647. The molecule has 0 fully saturated rings. The van der Waals surface area contributed by atoms with Crippen molar-refractivity contribution in [2.24, 2.45) is 5.10 Å². The van der Waals surface area contributed by atoms with E-state index in [4.69, 9.17) is 4.74 Å². The number of nitrogens with zero attached hydrogens (tertiary/aromatic N) is 1. The van der Waals surface area contributed by atoms with Gasteiger partial charge in [0.1, 0.15) is 5.75 Å². The molecule has 0 saturated carbocycles. The van der Waals surface area contributed by atoms with Crippen LogP contribution in [0.3, 0.4) is 0 Å². The number of hydrogen-bond donors (Lipinski definition) is 1. The van der Waals surface area contributed by atoms with E-state index in [1.54, 1.807) is 30.5 Å². The Hall–Kier alpha value is -1.66. The average Bonchev–Trinajstić information content (AvgIpc) is 2.84. The Bertz CT molecular complexity index is 655. The normalized spacial score (nSPS) is 12.3. The predicted octanol–water partition coefficient (Wildman–Crippen LogP) is 3.74. The SMILES string of the molecule is Cc1ccsc1/C=N\NC(=O)[C@H](C)Oc1cccc(Br)c1. The summed E-state index contributed by atoms with van der Waals surface area (Å²) in [5.41, 5.74) is 3.62. The van der Waals surface area contributed by atoms with E-state index in [1.807, 2.05) is 36.6 Å². The predicted molar refractivity (Wildman–Crippen MR) is 89.0 cm³/mol. The van der Waals surface area contributed by atoms with Gasteiger partial charge in [0.25, 0.3) is 5.91 Å². The van der Waals surface area contributed by atoms with Gasteiger partial charge in [-0.3, -0.25) is 4.79 Å². The molecule has 110 valence electrons. The van der Waals surface area contributed by atoms with Crippen molar-refractivity contribution in [3.05, 3.63) is 50.6 Å². The van der Waals surface area contributed by atoms with Gasteiger partial charge in [0.05, 0.1) is 6.21 Å². The van der Waals surface area contributed by atoms with Gasteiger partial charge in [-0.15, -0.1) is 11.3 Å². The van der Waals surface area contributed by atoms with Crippen molar-refractivity contribution in [2.45, 2.75) is 20.0 Å². The molecule has 1 aromatic carbocycles. The lowest BCUT2D eigenvalue weighted by Crippen LogP contribution is -2.33. The molecule has 0 radical (unpaired) electrons. The molecule has 1 atom stereocenters. The summed E-state index contributed by atoms with van der Waals surface area (Å²) in [5, 5.41) is 5.94. The number of halogens is 1. The van der Waals surface area contributed by atoms with Crippen LogP contribution in [-0.2, 0) is 4.79 Å². The van der Waals surface area contributed by atoms with Crippen LogP contribution in [0.15, 0.2) is 45.3 Å². The second kappa shape index (κ2) is 7.38. The van der Waals surface area contributed by atoms with Crippen molar-refractivity contribution < 1.29 is 9.53 Å². The largest absolute Gasteiger partial charge is 0.481 e. The molecular weight excluding hydrogens is 352 g/mol. The first kappa shape index (κ1) is 15.7. The fraction of sp³-hybridized carbons (Fsp3) is 0.200. The van der Waals surface area contributed by atoms with E-state index in [2.05, 4.69) is 26.5 Å². The van der Waals surface area contributed by atoms with E-state index in [0.29, 0.717) is 5.75 Å². The van der Waals surface area contributed by atoms with Gasteiger partial charge in [0.2, 0.25) is 0 Å². The van der Waals surface area contributed by atoms with Crippen molar-refractivity contribution in [2.75, 3.05) is 0 Å². The van der Waals surface area contributed by atoms with Crippen LogP contribution in [-0.4, -0.2) is 18.2 Å². The number of rotatable bonds is 5. The number of hydrogen-bond acceptors (Lipinski definition) is 4. The summed E-state index contributed by atoms with van der Waals surface area (Å²) in [6.45, 7) is 3.68. The molecule has 0 saturated heterocycles. The van der Waals surface area contributed by atoms with Crippen molar-refractivity contribution in [3.63, 3.8) is 0 Å². The first-order chi connectivity index (χ1) is 10.1. The summed E-state index contributed by atoms with van der Waals surface area (Å²) in [4.78, 5) is 12.9. The van der Waals surface area contributed by atoms with Gasteiger partial charge in [-0.05, 0) is 49.1 Å². The van der Waals surface area contributed by atoms with Gasteiger partial charge in [-0.1, -0.05) is 22.0 Å². The Labute approximate surface area is 136 Å². The molecule has 2 aromatic rings. The van der Waals surface area contributed by atoms with Crippen LogP contribution in [0.2, 0.25) is 0 Å². The zero-order valence-electron chi connectivity index (χ0n) is 11.7. The molecule has 1 heterocycles. The van der Waals surface area contributed by atoms with Crippen LogP contribution < -0.4 is 10.2 Å². The van der Waals surface area contributed by atoms with E-state index in [-0.39, 0.29) is 5.91 Å². The zero-order chi connectivity index (χ0) is 15.2. The molecule has 0 bridgehead atoms. The summed E-state index contributed by atoms with van der Waals surface area (Å²) in [6, 6.07) is 9.36. The first-order valence-electron chi connectivity index (χ1n) is 6.35. The molecule has 0 aliphatic carbocycles. The first-order valence-corrected chi connectivity index (χ1v) is 8.03. The van der Waals surface area contributed by atoms with Crippen LogP contribution in [0.1, 0.15) is 17.4 Å². The fourth-order valence-electron chi connectivity index (χ4n) is 1.56. The molecule has 21 heavy (non-hydrogen) atoms. The van der Waals surface area contributed by atoms with Crippen molar-refractivity contribution >= 4 is 39.4 Å². The Morgan fingerprint density at radius 1 is 1.48 bits per heavy atom. The Morgan fingerprint density at radius 2 is 2.29 bits per heavy atom. The lowest BCUT2D eigenvalue weighted by atomic mass is 10.3. The van der Waals surface area contributed by atoms with Gasteiger partial charge in [-0.2, -0.15) is 5.10 Å². The average molecular weight is 367 g/mol. The van der Waals surface area contributed by atoms with Crippen LogP contribution in [0.4, 0.5) is 0 Å². The third-order valence-corrected chi connectivity index (χ3v) is 4.18. The minimum atomic E-state index is -0.624. The summed E-state index contributed by atoms with van der Waals surface area (Å²) in [5.74, 6) is 0.338. The van der Waals surface area contributed by atoms with Gasteiger partial charge >= 0.3 is 0 Å². The monoisotopic (exact) mass is 366 g/mol. The maximum atomic E-state index is 11.9. The van der Waals surface area contributed by atoms with Gasteiger partial charge in [0, 0.05) is 9.35 Å². The molecule has 1 N–H and O–H groups in total. The molecule has 1 amide bonds. The van der Waals surface area contributed by atoms with Gasteiger partial charge in [0.15, 0.2) is 6.10 Å². The van der Waals surface area contributed by atoms with E-state index in [0.717, 1.165) is 14.9 Å². The minimum absolute atomic E-state index is 0.291. The number of carbonyl (C=O) groups is 1. The number of thiophene rings is 1. The highest BCUT2D eigenvalue weighted by Crippen LogP contribution is 2.18. The smallest absolute Gasteiger partial charge is 0.280 e. The van der Waals surface area contributed by atoms with Crippen LogP contribution in [0.5, 0.6) is 5.75 Å². The number of amides is 1. The summed E-state index contributed by atoms with van der Waals surface area (Å²) in [6.07, 6.45) is 1.02. The van der Waals surface area contributed by atoms with Crippen LogP contribution >= 0.6 is 27.3 Å². The Kier molecular flexibility index (Phi) is 5.52. The lowest BCUT2D eigenvalue weighted by Gasteiger charge is -2.12. The zero-order valence-corrected chi connectivity index (χ0v) is 14.1. The third-order valence-electron chi connectivity index (χ3n) is 2.74. The second-order valence-electron chi connectivity index (χ2n) is 4.42. The summed E-state index contributed by atoms with van der Waals surface area (Å²) >= 11 is 4.93. The van der Waals surface area contributed by atoms with E-state index >= 15 is 0 Å². The van der Waals surface area contributed by atoms with Crippen molar-refractivity contribution in [3.8, 4) is 5.75 Å². The van der Waals surface area contributed by atoms with Gasteiger partial charge in [-0.25, -0.2) is 5.43 Å². The number of ether oxygens (including phenoxy) is 1. The molecule has 2 rings (SSSR count). The van der Waals surface area contributed by atoms with Crippen molar-refractivity contribution in [1.82, 2.24) is 5.43 Å². The molecule has 0 unspecified atom stereocenters. The maximum absolute atomic E-state index is 11.9. The van der Waals surface area contributed by atoms with Crippen LogP contribution in [0.25, 0.3) is 0 Å². The van der Waals surface area contributed by atoms with Gasteiger partial charge < -0.3 is 4.74 Å². The number of nitrogens with one attached hydrogen (secondary N) is 1. The number of hydrazone groups is 1. The highest BCUT2D eigenvalue weighted by atomic mass is 79.9. The number of benzene rings is 1. The van der Waals surface area contributed by atoms with E-state index < -0.39 is 6.10 Å². The molecule has 6 heteroatoms. The highest BCUT2D eigenvalue weighted by molar-refractivity contribution is 9.10. The van der Waals surface area contributed by atoms with Crippen molar-refractivity contribution in [1.29, 1.82) is 0 Å². The highest BCUT2D eigenvalue weighted by Gasteiger charge is 2.13. The summed E-state index contributed by atoms with van der Waals surface area (Å²) < 4.78 is 6.46. The lowest BCUT2D eigenvalue weighted by molar-refractivity contribution is -0.127. The second-order valence-corrected chi connectivity index (χ2v) is 6.28. The molecule has 0 aliphatic rings. The fourth-order valence-corrected chi connectivity index (χ4v) is 2.72.